The third-order valence-corrected chi connectivity index (χ3v) is 7.03. The van der Waals surface area contributed by atoms with E-state index in [1.807, 2.05) is 49.8 Å². The molecule has 0 spiro atoms. The van der Waals surface area contributed by atoms with Crippen molar-refractivity contribution in [2.24, 2.45) is 7.05 Å². The van der Waals surface area contributed by atoms with Crippen molar-refractivity contribution in [3.05, 3.63) is 84.6 Å². The van der Waals surface area contributed by atoms with Crippen LogP contribution in [-0.4, -0.2) is 53.2 Å². The fourth-order valence-corrected chi connectivity index (χ4v) is 5.01. The quantitative estimate of drug-likeness (QED) is 0.401. The van der Waals surface area contributed by atoms with Crippen LogP contribution in [0.15, 0.2) is 73.4 Å². The van der Waals surface area contributed by atoms with E-state index in [1.165, 1.54) is 0 Å². The molecular weight excluding hydrogens is 464 g/mol. The molecule has 1 fully saturated rings. The Morgan fingerprint density at radius 1 is 0.973 bits per heavy atom. The molecule has 5 heterocycles. The number of pyridine rings is 1. The largest absolute Gasteiger partial charge is 0.389 e. The van der Waals surface area contributed by atoms with Crippen LogP contribution in [-0.2, 0) is 13.5 Å². The smallest absolute Gasteiger partial charge is 0.128 e. The second-order valence-electron chi connectivity index (χ2n) is 9.62. The number of hydrogen-bond acceptors (Lipinski definition) is 7. The lowest BCUT2D eigenvalue weighted by Gasteiger charge is -2.39. The highest BCUT2D eigenvalue weighted by Gasteiger charge is 2.32. The van der Waals surface area contributed by atoms with Crippen LogP contribution in [0.1, 0.15) is 24.0 Å². The van der Waals surface area contributed by atoms with Gasteiger partial charge in [0.15, 0.2) is 0 Å². The lowest BCUT2D eigenvalue weighted by molar-refractivity contribution is 0.0164. The standard InChI is InChI=1S/C28H26N8O/c1-34-18-23(17-31-34)24-19-36-27(22(14-29)16-32-36)26(33-24)21-7-8-25(30-15-21)35-11-9-28(37,10-12-35)13-20-5-3-2-4-6-20/h2-8,15-19,37H,9-13H2,1H3. The van der Waals surface area contributed by atoms with E-state index in [4.69, 9.17) is 9.97 Å². The molecule has 184 valence electrons. The van der Waals surface area contributed by atoms with E-state index < -0.39 is 5.60 Å². The van der Waals surface area contributed by atoms with Crippen LogP contribution in [0, 0.1) is 11.3 Å². The monoisotopic (exact) mass is 490 g/mol. The average Bonchev–Trinajstić information content (AvgIpc) is 3.55. The van der Waals surface area contributed by atoms with Gasteiger partial charge in [-0.15, -0.1) is 0 Å². The summed E-state index contributed by atoms with van der Waals surface area (Å²) in [7, 11) is 1.86. The molecule has 0 bridgehead atoms. The summed E-state index contributed by atoms with van der Waals surface area (Å²) in [6.45, 7) is 1.46. The van der Waals surface area contributed by atoms with Crippen LogP contribution < -0.4 is 4.90 Å². The van der Waals surface area contributed by atoms with Gasteiger partial charge in [-0.05, 0) is 30.5 Å². The first kappa shape index (κ1) is 22.9. The topological polar surface area (TPSA) is 108 Å². The number of anilines is 1. The van der Waals surface area contributed by atoms with Crippen LogP contribution >= 0.6 is 0 Å². The lowest BCUT2D eigenvalue weighted by atomic mass is 9.85. The molecular formula is C28H26N8O. The van der Waals surface area contributed by atoms with Gasteiger partial charge in [0, 0.05) is 50.1 Å². The minimum atomic E-state index is -0.699. The van der Waals surface area contributed by atoms with Gasteiger partial charge in [0.1, 0.15) is 23.0 Å². The molecule has 1 aliphatic heterocycles. The third kappa shape index (κ3) is 4.43. The number of fused-ring (bicyclic) bond motifs is 1. The van der Waals surface area contributed by atoms with Crippen LogP contribution in [0.25, 0.3) is 28.0 Å². The molecule has 0 radical (unpaired) electrons. The first-order valence-corrected chi connectivity index (χ1v) is 12.3. The highest BCUT2D eigenvalue weighted by atomic mass is 16.3. The van der Waals surface area contributed by atoms with E-state index in [1.54, 1.807) is 27.8 Å². The van der Waals surface area contributed by atoms with Crippen molar-refractivity contribution in [3.8, 4) is 28.6 Å². The number of aliphatic hydroxyl groups is 1. The van der Waals surface area contributed by atoms with Gasteiger partial charge in [0.2, 0.25) is 0 Å². The van der Waals surface area contributed by atoms with Crippen molar-refractivity contribution in [3.63, 3.8) is 0 Å². The Kier molecular flexibility index (Phi) is 5.66. The molecule has 0 saturated carbocycles. The van der Waals surface area contributed by atoms with Gasteiger partial charge < -0.3 is 10.0 Å². The van der Waals surface area contributed by atoms with E-state index in [-0.39, 0.29) is 0 Å². The van der Waals surface area contributed by atoms with Crippen LogP contribution in [0.4, 0.5) is 5.82 Å². The summed E-state index contributed by atoms with van der Waals surface area (Å²) in [5, 5.41) is 29.4. The molecule has 5 aromatic rings. The number of aromatic nitrogens is 6. The molecule has 1 aliphatic rings. The van der Waals surface area contributed by atoms with Gasteiger partial charge in [-0.1, -0.05) is 30.3 Å². The van der Waals surface area contributed by atoms with Crippen molar-refractivity contribution >= 4 is 11.3 Å². The Labute approximate surface area is 214 Å². The highest BCUT2D eigenvalue weighted by molar-refractivity contribution is 5.83. The molecule has 6 rings (SSSR count). The summed E-state index contributed by atoms with van der Waals surface area (Å²) in [5.41, 5.74) is 4.58. The maximum atomic E-state index is 11.1. The zero-order valence-electron chi connectivity index (χ0n) is 20.5. The summed E-state index contributed by atoms with van der Waals surface area (Å²) in [6, 6.07) is 16.3. The number of hydrogen-bond donors (Lipinski definition) is 1. The Morgan fingerprint density at radius 2 is 1.78 bits per heavy atom. The Hall–Kier alpha value is -4.55. The summed E-state index contributed by atoms with van der Waals surface area (Å²) in [4.78, 5) is 11.8. The summed E-state index contributed by atoms with van der Waals surface area (Å²) in [5.74, 6) is 0.860. The Balaban J connectivity index is 1.26. The number of benzene rings is 1. The summed E-state index contributed by atoms with van der Waals surface area (Å²) < 4.78 is 3.41. The van der Waals surface area contributed by atoms with Crippen molar-refractivity contribution in [2.45, 2.75) is 24.9 Å². The molecule has 37 heavy (non-hydrogen) atoms. The molecule has 9 heteroatoms. The summed E-state index contributed by atoms with van der Waals surface area (Å²) >= 11 is 0. The van der Waals surface area contributed by atoms with Crippen molar-refractivity contribution in [1.82, 2.24) is 29.4 Å². The average molecular weight is 491 g/mol. The molecule has 0 amide bonds. The zero-order valence-corrected chi connectivity index (χ0v) is 20.5. The van der Waals surface area contributed by atoms with E-state index in [2.05, 4.69) is 33.3 Å². The van der Waals surface area contributed by atoms with Crippen LogP contribution in [0.3, 0.4) is 0 Å². The second kappa shape index (κ2) is 9.15. The van der Waals surface area contributed by atoms with E-state index in [0.29, 0.717) is 41.7 Å². The van der Waals surface area contributed by atoms with Crippen molar-refractivity contribution in [2.75, 3.05) is 18.0 Å². The predicted molar refractivity (Wildman–Crippen MR) is 140 cm³/mol. The van der Waals surface area contributed by atoms with E-state index in [9.17, 15) is 10.4 Å². The minimum Gasteiger partial charge on any atom is -0.389 e. The molecule has 0 aliphatic carbocycles. The van der Waals surface area contributed by atoms with E-state index in [0.717, 1.165) is 35.6 Å². The van der Waals surface area contributed by atoms with Gasteiger partial charge in [0.05, 0.1) is 35.6 Å². The molecule has 1 saturated heterocycles. The maximum absolute atomic E-state index is 11.1. The second-order valence-corrected chi connectivity index (χ2v) is 9.62. The van der Waals surface area contributed by atoms with Gasteiger partial charge in [-0.2, -0.15) is 15.5 Å². The molecule has 1 N–H and O–H groups in total. The van der Waals surface area contributed by atoms with Gasteiger partial charge in [-0.3, -0.25) is 4.68 Å². The number of nitriles is 1. The summed E-state index contributed by atoms with van der Waals surface area (Å²) in [6.07, 6.45) is 10.8. The lowest BCUT2D eigenvalue weighted by Crippen LogP contribution is -2.46. The number of piperidine rings is 1. The first-order valence-electron chi connectivity index (χ1n) is 12.3. The molecule has 0 atom stereocenters. The first-order chi connectivity index (χ1) is 18.0. The van der Waals surface area contributed by atoms with Crippen LogP contribution in [0.2, 0.25) is 0 Å². The van der Waals surface area contributed by atoms with Crippen LogP contribution in [0.5, 0.6) is 0 Å². The normalized spacial score (nSPS) is 15.1. The van der Waals surface area contributed by atoms with Gasteiger partial charge >= 0.3 is 0 Å². The number of aryl methyl sites for hydroxylation is 1. The molecule has 0 unspecified atom stereocenters. The Morgan fingerprint density at radius 3 is 2.46 bits per heavy atom. The maximum Gasteiger partial charge on any atom is 0.128 e. The fraction of sp³-hybridized carbons (Fsp3) is 0.250. The molecule has 9 nitrogen and oxygen atoms in total. The Bertz CT molecular complexity index is 1590. The SMILES string of the molecule is Cn1cc(-c2cn3ncc(C#N)c3c(-c3ccc(N4CCC(O)(Cc5ccccc5)CC4)nc3)n2)cn1. The number of nitrogens with zero attached hydrogens (tertiary/aromatic N) is 8. The fourth-order valence-electron chi connectivity index (χ4n) is 5.01. The van der Waals surface area contributed by atoms with Crippen molar-refractivity contribution in [1.29, 1.82) is 5.26 Å². The van der Waals surface area contributed by atoms with Crippen molar-refractivity contribution < 1.29 is 5.11 Å². The molecule has 1 aromatic carbocycles. The highest BCUT2D eigenvalue weighted by Crippen LogP contribution is 2.31. The van der Waals surface area contributed by atoms with E-state index >= 15 is 0 Å². The van der Waals surface area contributed by atoms with Gasteiger partial charge in [-0.25, -0.2) is 14.5 Å². The minimum absolute atomic E-state index is 0.457. The third-order valence-electron chi connectivity index (χ3n) is 7.03. The van der Waals surface area contributed by atoms with Gasteiger partial charge in [0.25, 0.3) is 0 Å². The predicted octanol–water partition coefficient (Wildman–Crippen LogP) is 3.64. The zero-order chi connectivity index (χ0) is 25.4. The number of rotatable bonds is 5. The molecule has 4 aromatic heterocycles.